The number of carboxylic acids is 1. The van der Waals surface area contributed by atoms with Crippen molar-refractivity contribution in [2.45, 2.75) is 19.6 Å². The van der Waals surface area contributed by atoms with Crippen LogP contribution in [0.25, 0.3) is 10.9 Å². The third-order valence-corrected chi connectivity index (χ3v) is 6.31. The number of aryl methyl sites for hydroxylation is 1. The standard InChI is InChI=1S/C22H28F2N4O4/c1-3-27-13-16(22(30)31)21(29)15-10-17(23)20(18(24)19(15)27)28-8-9-32-14(12-28)11-26-6-4-25(2)5-7-26/h10,13-14H,3-9,11-12H2,1-2H3,(H,30,31). The van der Waals surface area contributed by atoms with E-state index in [0.717, 1.165) is 38.4 Å². The monoisotopic (exact) mass is 450 g/mol. The summed E-state index contributed by atoms with van der Waals surface area (Å²) in [6.07, 6.45) is 0.928. The van der Waals surface area contributed by atoms with E-state index in [4.69, 9.17) is 4.74 Å². The number of morpholine rings is 1. The highest BCUT2D eigenvalue weighted by Gasteiger charge is 2.30. The van der Waals surface area contributed by atoms with Gasteiger partial charge in [-0.25, -0.2) is 13.6 Å². The van der Waals surface area contributed by atoms with Gasteiger partial charge in [-0.05, 0) is 20.0 Å². The number of carboxylic acid groups (broad SMARTS) is 1. The van der Waals surface area contributed by atoms with Gasteiger partial charge < -0.3 is 24.2 Å². The molecule has 0 amide bonds. The predicted octanol–water partition coefficient (Wildman–Crippen LogP) is 1.45. The number of pyridine rings is 1. The third-order valence-electron chi connectivity index (χ3n) is 6.31. The SMILES string of the molecule is CCn1cc(C(=O)O)c(=O)c2cc(F)c(N3CCOC(CN4CCN(C)CC4)C3)c(F)c21. The number of nitrogens with zero attached hydrogens (tertiary/aromatic N) is 4. The number of rotatable bonds is 5. The number of aromatic carboxylic acids is 1. The largest absolute Gasteiger partial charge is 0.477 e. The molecule has 0 bridgehead atoms. The van der Waals surface area contributed by atoms with Gasteiger partial charge in [0, 0.05) is 58.6 Å². The summed E-state index contributed by atoms with van der Waals surface area (Å²) in [7, 11) is 2.08. The van der Waals surface area contributed by atoms with Crippen LogP contribution in [0.3, 0.4) is 0 Å². The molecule has 2 aliphatic rings. The molecule has 0 spiro atoms. The molecular weight excluding hydrogens is 422 g/mol. The number of benzene rings is 1. The minimum atomic E-state index is -1.43. The maximum absolute atomic E-state index is 15.7. The van der Waals surface area contributed by atoms with Crippen LogP contribution >= 0.6 is 0 Å². The van der Waals surface area contributed by atoms with E-state index in [0.29, 0.717) is 26.2 Å². The van der Waals surface area contributed by atoms with E-state index in [1.54, 1.807) is 11.8 Å². The number of aromatic nitrogens is 1. The van der Waals surface area contributed by atoms with Crippen LogP contribution in [0, 0.1) is 11.6 Å². The first-order valence-electron chi connectivity index (χ1n) is 10.9. The fourth-order valence-electron chi connectivity index (χ4n) is 4.52. The molecule has 2 aliphatic heterocycles. The second-order valence-electron chi connectivity index (χ2n) is 8.42. The van der Waals surface area contributed by atoms with Crippen LogP contribution in [0.5, 0.6) is 0 Å². The van der Waals surface area contributed by atoms with E-state index in [1.165, 1.54) is 4.57 Å². The van der Waals surface area contributed by atoms with Crippen LogP contribution in [-0.2, 0) is 11.3 Å². The first-order chi connectivity index (χ1) is 15.3. The minimum absolute atomic E-state index is 0.0824. The zero-order chi connectivity index (χ0) is 23.0. The Hall–Kier alpha value is -2.56. The summed E-state index contributed by atoms with van der Waals surface area (Å²) in [6, 6.07) is 0.958. The quantitative estimate of drug-likeness (QED) is 0.739. The molecular formula is C22H28F2N4O4. The lowest BCUT2D eigenvalue weighted by Gasteiger charge is -2.39. The Labute approximate surface area is 184 Å². The van der Waals surface area contributed by atoms with Gasteiger partial charge in [0.05, 0.1) is 23.6 Å². The third kappa shape index (κ3) is 4.22. The lowest BCUT2D eigenvalue weighted by Crippen LogP contribution is -2.52. The van der Waals surface area contributed by atoms with E-state index in [2.05, 4.69) is 16.8 Å². The number of piperazine rings is 1. The highest BCUT2D eigenvalue weighted by Crippen LogP contribution is 2.31. The molecule has 32 heavy (non-hydrogen) atoms. The van der Waals surface area contributed by atoms with Crippen molar-refractivity contribution in [2.75, 3.05) is 64.4 Å². The van der Waals surface area contributed by atoms with Crippen molar-refractivity contribution >= 4 is 22.6 Å². The normalized spacial score (nSPS) is 20.8. The first-order valence-corrected chi connectivity index (χ1v) is 10.9. The Kier molecular flexibility index (Phi) is 6.45. The fraction of sp³-hybridized carbons (Fsp3) is 0.545. The van der Waals surface area contributed by atoms with E-state index in [1.807, 2.05) is 0 Å². The average Bonchev–Trinajstić information content (AvgIpc) is 2.76. The van der Waals surface area contributed by atoms with E-state index in [9.17, 15) is 14.7 Å². The molecule has 1 aromatic heterocycles. The number of fused-ring (bicyclic) bond motifs is 1. The topological polar surface area (TPSA) is 78.2 Å². The number of carbonyl (C=O) groups is 1. The number of hydrogen-bond donors (Lipinski definition) is 1. The Morgan fingerprint density at radius 3 is 2.59 bits per heavy atom. The Morgan fingerprint density at radius 2 is 1.94 bits per heavy atom. The molecule has 8 nitrogen and oxygen atoms in total. The van der Waals surface area contributed by atoms with Crippen LogP contribution in [0.2, 0.25) is 0 Å². The molecule has 2 saturated heterocycles. The van der Waals surface area contributed by atoms with Gasteiger partial charge in [-0.1, -0.05) is 0 Å². The molecule has 10 heteroatoms. The van der Waals surface area contributed by atoms with Crippen LogP contribution in [-0.4, -0.2) is 91.0 Å². The number of anilines is 1. The summed E-state index contributed by atoms with van der Waals surface area (Å²) in [5, 5.41) is 9.02. The van der Waals surface area contributed by atoms with E-state index < -0.39 is 28.6 Å². The molecule has 0 radical (unpaired) electrons. The maximum atomic E-state index is 15.7. The van der Waals surface area contributed by atoms with Crippen molar-refractivity contribution < 1.29 is 23.4 Å². The first kappa shape index (κ1) is 22.6. The van der Waals surface area contributed by atoms with E-state index >= 15 is 8.78 Å². The zero-order valence-electron chi connectivity index (χ0n) is 18.3. The zero-order valence-corrected chi connectivity index (χ0v) is 18.3. The van der Waals surface area contributed by atoms with Gasteiger partial charge in [-0.3, -0.25) is 9.69 Å². The highest BCUT2D eigenvalue weighted by atomic mass is 19.1. The summed E-state index contributed by atoms with van der Waals surface area (Å²) in [5.41, 5.74) is -1.68. The second kappa shape index (κ2) is 9.13. The molecule has 2 aromatic rings. The molecule has 3 heterocycles. The molecule has 0 saturated carbocycles. The lowest BCUT2D eigenvalue weighted by atomic mass is 10.1. The molecule has 0 aliphatic carbocycles. The summed E-state index contributed by atoms with van der Waals surface area (Å²) in [4.78, 5) is 30.1. The van der Waals surface area contributed by atoms with Gasteiger partial charge in [0.15, 0.2) is 5.82 Å². The number of halogens is 2. The van der Waals surface area contributed by atoms with Gasteiger partial charge in [-0.2, -0.15) is 0 Å². The van der Waals surface area contributed by atoms with Crippen LogP contribution in [0.1, 0.15) is 17.3 Å². The Bertz CT molecular complexity index is 1080. The maximum Gasteiger partial charge on any atom is 0.341 e. The van der Waals surface area contributed by atoms with E-state index in [-0.39, 0.29) is 29.2 Å². The lowest BCUT2D eigenvalue weighted by molar-refractivity contribution is 0.00652. The van der Waals surface area contributed by atoms with Gasteiger partial charge >= 0.3 is 5.97 Å². The molecule has 1 N–H and O–H groups in total. The van der Waals surface area contributed by atoms with Gasteiger partial charge in [0.1, 0.15) is 17.1 Å². The molecule has 1 aromatic carbocycles. The van der Waals surface area contributed by atoms with Crippen LogP contribution in [0.4, 0.5) is 14.5 Å². The molecule has 4 rings (SSSR count). The smallest absolute Gasteiger partial charge is 0.341 e. The summed E-state index contributed by atoms with van der Waals surface area (Å²) >= 11 is 0. The molecule has 1 atom stereocenters. The van der Waals surface area contributed by atoms with Gasteiger partial charge in [0.25, 0.3) is 0 Å². The van der Waals surface area contributed by atoms with Crippen LogP contribution in [0.15, 0.2) is 17.1 Å². The molecule has 2 fully saturated rings. The highest BCUT2D eigenvalue weighted by molar-refractivity contribution is 5.93. The van der Waals surface area contributed by atoms with Crippen molar-refractivity contribution in [3.05, 3.63) is 39.7 Å². The average molecular weight is 450 g/mol. The second-order valence-corrected chi connectivity index (χ2v) is 8.42. The fourth-order valence-corrected chi connectivity index (χ4v) is 4.52. The Balaban J connectivity index is 1.67. The van der Waals surface area contributed by atoms with Crippen molar-refractivity contribution in [1.82, 2.24) is 14.4 Å². The van der Waals surface area contributed by atoms with Crippen molar-refractivity contribution in [1.29, 1.82) is 0 Å². The predicted molar refractivity (Wildman–Crippen MR) is 117 cm³/mol. The summed E-state index contributed by atoms with van der Waals surface area (Å²) in [5.74, 6) is -3.16. The van der Waals surface area contributed by atoms with Crippen molar-refractivity contribution in [3.8, 4) is 0 Å². The number of likely N-dealkylation sites (N-methyl/N-ethyl adjacent to an activating group) is 1. The van der Waals surface area contributed by atoms with Gasteiger partial charge in [-0.15, -0.1) is 0 Å². The van der Waals surface area contributed by atoms with Crippen LogP contribution < -0.4 is 10.3 Å². The van der Waals surface area contributed by atoms with Gasteiger partial charge in [0.2, 0.25) is 5.43 Å². The minimum Gasteiger partial charge on any atom is -0.477 e. The summed E-state index contributed by atoms with van der Waals surface area (Å²) in [6.45, 7) is 7.39. The Morgan fingerprint density at radius 1 is 1.22 bits per heavy atom. The molecule has 174 valence electrons. The number of ether oxygens (including phenoxy) is 1. The van der Waals surface area contributed by atoms with Crippen molar-refractivity contribution in [3.63, 3.8) is 0 Å². The number of hydrogen-bond acceptors (Lipinski definition) is 6. The molecule has 1 unspecified atom stereocenters. The van der Waals surface area contributed by atoms with Crippen molar-refractivity contribution in [2.24, 2.45) is 0 Å². The summed E-state index contributed by atoms with van der Waals surface area (Å²) < 4.78 is 38.0.